The molecule has 1 aliphatic rings. The van der Waals surface area contributed by atoms with Crippen molar-refractivity contribution in [3.05, 3.63) is 80.0 Å². The summed E-state index contributed by atoms with van der Waals surface area (Å²) in [6.45, 7) is 1.27. The first kappa shape index (κ1) is 25.4. The maximum absolute atomic E-state index is 13.8. The van der Waals surface area contributed by atoms with E-state index in [0.717, 1.165) is 17.4 Å². The van der Waals surface area contributed by atoms with Crippen LogP contribution in [0.5, 0.6) is 5.75 Å². The highest BCUT2D eigenvalue weighted by molar-refractivity contribution is 6.20. The second kappa shape index (κ2) is 9.92. The van der Waals surface area contributed by atoms with E-state index in [4.69, 9.17) is 16.3 Å². The highest BCUT2D eigenvalue weighted by Gasteiger charge is 2.39. The minimum atomic E-state index is -0.660. The molecule has 5 rings (SSSR count). The number of nitro benzene ring substituents is 2. The molecular formula is C26H24ClN5O6. The Labute approximate surface area is 221 Å². The lowest BCUT2D eigenvalue weighted by Crippen LogP contribution is -2.39. The van der Waals surface area contributed by atoms with E-state index in [2.05, 4.69) is 4.98 Å². The summed E-state index contributed by atoms with van der Waals surface area (Å²) >= 11 is 6.26. The quantitative estimate of drug-likeness (QED) is 0.192. The number of nitrogens with zero attached hydrogens (tertiary/aromatic N) is 4. The summed E-state index contributed by atoms with van der Waals surface area (Å²) in [5, 5.41) is 24.7. The molecule has 1 aromatic heterocycles. The number of amides is 1. The van der Waals surface area contributed by atoms with Gasteiger partial charge in [0.25, 0.3) is 17.3 Å². The third-order valence-electron chi connectivity index (χ3n) is 6.69. The van der Waals surface area contributed by atoms with Crippen molar-refractivity contribution in [3.8, 4) is 5.75 Å². The van der Waals surface area contributed by atoms with Crippen molar-refractivity contribution in [2.45, 2.75) is 12.5 Å². The fraction of sp³-hybridized carbons (Fsp3) is 0.269. The van der Waals surface area contributed by atoms with E-state index in [9.17, 15) is 25.0 Å². The van der Waals surface area contributed by atoms with Crippen LogP contribution < -0.4 is 9.64 Å². The van der Waals surface area contributed by atoms with Crippen LogP contribution in [-0.4, -0.2) is 64.8 Å². The summed E-state index contributed by atoms with van der Waals surface area (Å²) in [4.78, 5) is 42.7. The first-order chi connectivity index (χ1) is 18.2. The number of aromatic nitrogens is 1. The van der Waals surface area contributed by atoms with Crippen LogP contribution in [0.1, 0.15) is 16.1 Å². The average molecular weight is 538 g/mol. The number of likely N-dealkylation sites (N-methyl/N-ethyl adjacent to an activating group) is 1. The van der Waals surface area contributed by atoms with E-state index in [0.29, 0.717) is 35.4 Å². The molecule has 4 aromatic rings. The Morgan fingerprint density at radius 3 is 2.58 bits per heavy atom. The fourth-order valence-electron chi connectivity index (χ4n) is 4.93. The number of hydrogen-bond donors (Lipinski definition) is 1. The number of nitrogens with one attached hydrogen (secondary N) is 1. The van der Waals surface area contributed by atoms with Crippen LogP contribution in [0.4, 0.5) is 17.1 Å². The molecule has 0 fully saturated rings. The maximum atomic E-state index is 13.8. The highest BCUT2D eigenvalue weighted by atomic mass is 35.5. The van der Waals surface area contributed by atoms with Gasteiger partial charge in [-0.1, -0.05) is 12.1 Å². The second-order valence-electron chi connectivity index (χ2n) is 9.38. The molecule has 38 heavy (non-hydrogen) atoms. The lowest BCUT2D eigenvalue weighted by Gasteiger charge is -2.23. The van der Waals surface area contributed by atoms with Gasteiger partial charge in [-0.05, 0) is 50.3 Å². The molecule has 0 bridgehead atoms. The third-order valence-corrected chi connectivity index (χ3v) is 7.05. The summed E-state index contributed by atoms with van der Waals surface area (Å²) in [5.41, 5.74) is 1.16. The van der Waals surface area contributed by atoms with E-state index in [1.165, 1.54) is 23.1 Å². The van der Waals surface area contributed by atoms with Gasteiger partial charge in [0.2, 0.25) is 0 Å². The Morgan fingerprint density at radius 1 is 1.13 bits per heavy atom. The number of benzene rings is 3. The number of hydrogen-bond acceptors (Lipinski definition) is 7. The van der Waals surface area contributed by atoms with Gasteiger partial charge in [0.1, 0.15) is 23.4 Å². The number of aromatic amines is 1. The number of nitro groups is 2. The standard InChI is InChI=1S/C26H24ClN5O6/c1-29(2)8-9-38-17-6-7-20-15(10-17)11-21(28-20)26(33)30-16(14-27)12-19-18-4-3-5-22(31(34)35)25(18)24(32(36)37)13-23(19)30/h3-7,10-11,13,16,28H,8-9,12,14H2,1-2H3. The number of H-pyrrole nitrogens is 1. The van der Waals surface area contributed by atoms with Crippen LogP contribution in [0, 0.1) is 20.2 Å². The number of anilines is 1. The summed E-state index contributed by atoms with van der Waals surface area (Å²) < 4.78 is 5.80. The zero-order valence-electron chi connectivity index (χ0n) is 20.6. The lowest BCUT2D eigenvalue weighted by molar-refractivity contribution is -0.390. The smallest absolute Gasteiger partial charge is 0.286 e. The second-order valence-corrected chi connectivity index (χ2v) is 9.69. The van der Waals surface area contributed by atoms with Crippen LogP contribution in [0.15, 0.2) is 48.5 Å². The molecule has 0 radical (unpaired) electrons. The fourth-order valence-corrected chi connectivity index (χ4v) is 5.17. The summed E-state index contributed by atoms with van der Waals surface area (Å²) in [6.07, 6.45) is 0.310. The van der Waals surface area contributed by atoms with E-state index in [1.54, 1.807) is 12.1 Å². The number of fused-ring (bicyclic) bond motifs is 4. The molecule has 12 heteroatoms. The molecule has 0 saturated heterocycles. The Balaban J connectivity index is 1.57. The summed E-state index contributed by atoms with van der Waals surface area (Å²) in [6, 6.07) is 12.3. The number of non-ortho nitro benzene ring substituents is 2. The number of carbonyl (C=O) groups excluding carboxylic acids is 1. The Hall–Kier alpha value is -4.22. The van der Waals surface area contributed by atoms with Crippen molar-refractivity contribution >= 4 is 56.2 Å². The molecule has 0 aliphatic carbocycles. The van der Waals surface area contributed by atoms with Crippen molar-refractivity contribution in [2.75, 3.05) is 38.0 Å². The molecule has 11 nitrogen and oxygen atoms in total. The molecule has 1 aliphatic heterocycles. The summed E-state index contributed by atoms with van der Waals surface area (Å²) in [5.74, 6) is 0.347. The van der Waals surface area contributed by atoms with Crippen molar-refractivity contribution in [3.63, 3.8) is 0 Å². The van der Waals surface area contributed by atoms with Gasteiger partial charge in [0.05, 0.1) is 21.6 Å². The molecule has 1 amide bonds. The highest BCUT2D eigenvalue weighted by Crippen LogP contribution is 2.45. The topological polar surface area (TPSA) is 135 Å². The van der Waals surface area contributed by atoms with Gasteiger partial charge in [-0.15, -0.1) is 11.6 Å². The van der Waals surface area contributed by atoms with Crippen LogP contribution in [0.3, 0.4) is 0 Å². The minimum Gasteiger partial charge on any atom is -0.492 e. The Kier molecular flexibility index (Phi) is 6.64. The van der Waals surface area contributed by atoms with Crippen molar-refractivity contribution < 1.29 is 19.4 Å². The normalized spacial score (nSPS) is 14.8. The third kappa shape index (κ3) is 4.39. The minimum absolute atomic E-state index is 0.0590. The van der Waals surface area contributed by atoms with Gasteiger partial charge in [-0.2, -0.15) is 0 Å². The predicted molar refractivity (Wildman–Crippen MR) is 145 cm³/mol. The van der Waals surface area contributed by atoms with Crippen molar-refractivity contribution in [1.82, 2.24) is 9.88 Å². The van der Waals surface area contributed by atoms with Crippen LogP contribution >= 0.6 is 11.6 Å². The van der Waals surface area contributed by atoms with Crippen molar-refractivity contribution in [2.24, 2.45) is 0 Å². The molecule has 1 atom stereocenters. The van der Waals surface area contributed by atoms with Crippen LogP contribution in [-0.2, 0) is 6.42 Å². The number of ether oxygens (including phenoxy) is 1. The molecule has 3 aromatic carbocycles. The number of halogens is 1. The van der Waals surface area contributed by atoms with E-state index < -0.39 is 27.5 Å². The van der Waals surface area contributed by atoms with Crippen LogP contribution in [0.25, 0.3) is 21.7 Å². The number of carbonyl (C=O) groups is 1. The van der Waals surface area contributed by atoms with Crippen molar-refractivity contribution in [1.29, 1.82) is 0 Å². The first-order valence-corrected chi connectivity index (χ1v) is 12.4. The zero-order chi connectivity index (χ0) is 27.1. The first-order valence-electron chi connectivity index (χ1n) is 11.9. The van der Waals surface area contributed by atoms with Gasteiger partial charge in [0, 0.05) is 40.8 Å². The monoisotopic (exact) mass is 537 g/mol. The molecular weight excluding hydrogens is 514 g/mol. The zero-order valence-corrected chi connectivity index (χ0v) is 21.4. The molecule has 0 spiro atoms. The van der Waals surface area contributed by atoms with E-state index in [-0.39, 0.29) is 22.6 Å². The predicted octanol–water partition coefficient (Wildman–Crippen LogP) is 4.89. The molecule has 1 N–H and O–H groups in total. The number of rotatable bonds is 8. The molecule has 0 saturated carbocycles. The maximum Gasteiger partial charge on any atom is 0.286 e. The summed E-state index contributed by atoms with van der Waals surface area (Å²) in [7, 11) is 3.92. The van der Waals surface area contributed by atoms with Crippen LogP contribution in [0.2, 0.25) is 0 Å². The van der Waals surface area contributed by atoms with Gasteiger partial charge in [0.15, 0.2) is 0 Å². The van der Waals surface area contributed by atoms with Gasteiger partial charge < -0.3 is 19.5 Å². The molecule has 196 valence electrons. The average Bonchev–Trinajstić information content (AvgIpc) is 3.48. The van der Waals surface area contributed by atoms with E-state index >= 15 is 0 Å². The van der Waals surface area contributed by atoms with Gasteiger partial charge in [-0.25, -0.2) is 0 Å². The largest absolute Gasteiger partial charge is 0.492 e. The molecule has 1 unspecified atom stereocenters. The lowest BCUT2D eigenvalue weighted by atomic mass is 9.98. The Bertz CT molecular complexity index is 1600. The molecule has 2 heterocycles. The number of alkyl halides is 1. The van der Waals surface area contributed by atoms with Gasteiger partial charge >= 0.3 is 0 Å². The Morgan fingerprint density at radius 2 is 1.89 bits per heavy atom. The van der Waals surface area contributed by atoms with Gasteiger partial charge in [-0.3, -0.25) is 25.0 Å². The SMILES string of the molecule is CN(C)CCOc1ccc2[nH]c(C(=O)N3c4cc([N+](=O)[O-])c5c([N+](=O)[O-])cccc5c4CC3CCl)cc2c1. The van der Waals surface area contributed by atoms with E-state index in [1.807, 2.05) is 37.2 Å².